The van der Waals surface area contributed by atoms with Crippen molar-refractivity contribution >= 4 is 23.0 Å². The quantitative estimate of drug-likeness (QED) is 0.491. The molecular formula is C24H21N5S. The van der Waals surface area contributed by atoms with E-state index in [0.717, 1.165) is 28.5 Å². The van der Waals surface area contributed by atoms with Crippen LogP contribution in [0.1, 0.15) is 29.2 Å². The summed E-state index contributed by atoms with van der Waals surface area (Å²) >= 11 is 5.81. The molecule has 4 heterocycles. The first-order chi connectivity index (χ1) is 14.7. The first-order valence-electron chi connectivity index (χ1n) is 9.88. The Morgan fingerprint density at radius 2 is 1.67 bits per heavy atom. The highest BCUT2D eigenvalue weighted by Crippen LogP contribution is 2.42. The molecule has 4 aromatic rings. The number of benzene rings is 1. The third-order valence-corrected chi connectivity index (χ3v) is 5.76. The number of aryl methyl sites for hydroxylation is 1. The number of hydrogen-bond acceptors (Lipinski definition) is 3. The lowest BCUT2D eigenvalue weighted by atomic mass is 10.0. The fourth-order valence-electron chi connectivity index (χ4n) is 4.15. The van der Waals surface area contributed by atoms with Crippen molar-refractivity contribution in [3.05, 3.63) is 108 Å². The summed E-state index contributed by atoms with van der Waals surface area (Å²) in [5, 5.41) is 4.21. The maximum atomic E-state index is 5.81. The van der Waals surface area contributed by atoms with Gasteiger partial charge in [0, 0.05) is 29.5 Å². The van der Waals surface area contributed by atoms with Crippen LogP contribution in [0.4, 0.5) is 5.69 Å². The van der Waals surface area contributed by atoms with Gasteiger partial charge in [-0.25, -0.2) is 0 Å². The second-order valence-electron chi connectivity index (χ2n) is 7.28. The van der Waals surface area contributed by atoms with E-state index in [0.29, 0.717) is 5.11 Å². The van der Waals surface area contributed by atoms with Gasteiger partial charge in [0.1, 0.15) is 6.04 Å². The fourth-order valence-corrected chi connectivity index (χ4v) is 4.50. The zero-order valence-electron chi connectivity index (χ0n) is 16.5. The number of nitrogens with one attached hydrogen (secondary N) is 1. The molecule has 148 valence electrons. The summed E-state index contributed by atoms with van der Waals surface area (Å²) in [7, 11) is 0. The molecule has 0 unspecified atom stereocenters. The Labute approximate surface area is 181 Å². The van der Waals surface area contributed by atoms with Crippen LogP contribution < -0.4 is 10.2 Å². The molecule has 0 aliphatic carbocycles. The molecule has 1 fully saturated rings. The van der Waals surface area contributed by atoms with Crippen LogP contribution in [0.5, 0.6) is 0 Å². The molecule has 1 aliphatic heterocycles. The molecule has 5 nitrogen and oxygen atoms in total. The van der Waals surface area contributed by atoms with E-state index in [9.17, 15) is 0 Å². The van der Waals surface area contributed by atoms with Crippen LogP contribution >= 0.6 is 12.2 Å². The van der Waals surface area contributed by atoms with Crippen molar-refractivity contribution in [2.75, 3.05) is 4.90 Å². The van der Waals surface area contributed by atoms with Gasteiger partial charge in [0.15, 0.2) is 5.11 Å². The van der Waals surface area contributed by atoms with Crippen molar-refractivity contribution < 1.29 is 0 Å². The Hall–Kier alpha value is -3.51. The molecule has 0 saturated carbocycles. The molecule has 6 heteroatoms. The zero-order valence-corrected chi connectivity index (χ0v) is 17.3. The van der Waals surface area contributed by atoms with E-state index in [2.05, 4.69) is 62.0 Å². The molecule has 1 aliphatic rings. The van der Waals surface area contributed by atoms with Gasteiger partial charge in [-0.05, 0) is 67.7 Å². The van der Waals surface area contributed by atoms with Gasteiger partial charge in [-0.15, -0.1) is 0 Å². The molecule has 1 saturated heterocycles. The minimum atomic E-state index is -0.0800. The average molecular weight is 412 g/mol. The number of para-hydroxylation sites is 1. The molecule has 0 bridgehead atoms. The van der Waals surface area contributed by atoms with Crippen molar-refractivity contribution in [3.8, 4) is 5.69 Å². The van der Waals surface area contributed by atoms with E-state index in [4.69, 9.17) is 12.2 Å². The highest BCUT2D eigenvalue weighted by molar-refractivity contribution is 7.80. The van der Waals surface area contributed by atoms with Crippen LogP contribution in [0.3, 0.4) is 0 Å². The normalized spacial score (nSPS) is 18.4. The molecule has 0 radical (unpaired) electrons. The maximum absolute atomic E-state index is 5.81. The second kappa shape index (κ2) is 7.72. The van der Waals surface area contributed by atoms with Crippen LogP contribution in [0.15, 0.2) is 91.4 Å². The van der Waals surface area contributed by atoms with Gasteiger partial charge in [0.05, 0.1) is 23.6 Å². The minimum Gasteiger partial charge on any atom is -0.351 e. The molecule has 1 aromatic carbocycles. The van der Waals surface area contributed by atoms with Gasteiger partial charge in [0.2, 0.25) is 0 Å². The smallest absolute Gasteiger partial charge is 0.174 e. The number of nitrogens with zero attached hydrogens (tertiary/aromatic N) is 4. The summed E-state index contributed by atoms with van der Waals surface area (Å²) < 4.78 is 2.25. The molecule has 1 N–H and O–H groups in total. The minimum absolute atomic E-state index is 0.0660. The first-order valence-corrected chi connectivity index (χ1v) is 10.3. The molecule has 5 rings (SSSR count). The van der Waals surface area contributed by atoms with E-state index in [1.165, 1.54) is 0 Å². The predicted octanol–water partition coefficient (Wildman–Crippen LogP) is 4.75. The van der Waals surface area contributed by atoms with Crippen molar-refractivity contribution in [1.82, 2.24) is 19.9 Å². The summed E-state index contributed by atoms with van der Waals surface area (Å²) in [6, 6.07) is 24.5. The summed E-state index contributed by atoms with van der Waals surface area (Å²) in [6.45, 7) is 2.11. The Morgan fingerprint density at radius 3 is 2.40 bits per heavy atom. The van der Waals surface area contributed by atoms with Crippen molar-refractivity contribution in [2.24, 2.45) is 0 Å². The highest BCUT2D eigenvalue weighted by Gasteiger charge is 2.42. The van der Waals surface area contributed by atoms with Gasteiger partial charge in [-0.3, -0.25) is 9.97 Å². The topological polar surface area (TPSA) is 46.0 Å². The number of anilines is 1. The van der Waals surface area contributed by atoms with Crippen LogP contribution in [-0.4, -0.2) is 19.6 Å². The number of rotatable bonds is 4. The second-order valence-corrected chi connectivity index (χ2v) is 7.67. The van der Waals surface area contributed by atoms with E-state index < -0.39 is 0 Å². The summed E-state index contributed by atoms with van der Waals surface area (Å²) in [5.41, 5.74) is 5.31. The summed E-state index contributed by atoms with van der Waals surface area (Å²) in [6.07, 6.45) is 5.51. The predicted molar refractivity (Wildman–Crippen MR) is 123 cm³/mol. The fraction of sp³-hybridized carbons (Fsp3) is 0.125. The van der Waals surface area contributed by atoms with Gasteiger partial charge in [0.25, 0.3) is 0 Å². The van der Waals surface area contributed by atoms with Crippen LogP contribution in [0.2, 0.25) is 0 Å². The van der Waals surface area contributed by atoms with E-state index in [1.807, 2.05) is 54.9 Å². The number of pyridine rings is 2. The molecular weight excluding hydrogens is 390 g/mol. The van der Waals surface area contributed by atoms with Crippen molar-refractivity contribution in [3.63, 3.8) is 0 Å². The van der Waals surface area contributed by atoms with Crippen LogP contribution in [0, 0.1) is 6.92 Å². The molecule has 30 heavy (non-hydrogen) atoms. The lowest BCUT2D eigenvalue weighted by molar-refractivity contribution is 0.548. The molecule has 0 amide bonds. The summed E-state index contributed by atoms with van der Waals surface area (Å²) in [5.74, 6) is 0. The average Bonchev–Trinajstić information content (AvgIpc) is 3.35. The number of thiocarbonyl (C=S) groups is 1. The maximum Gasteiger partial charge on any atom is 0.174 e. The number of hydrogen-bond donors (Lipinski definition) is 1. The van der Waals surface area contributed by atoms with E-state index >= 15 is 0 Å². The Morgan fingerprint density at radius 1 is 0.867 bits per heavy atom. The van der Waals surface area contributed by atoms with Crippen molar-refractivity contribution in [1.29, 1.82) is 0 Å². The van der Waals surface area contributed by atoms with Crippen molar-refractivity contribution in [2.45, 2.75) is 19.0 Å². The third kappa shape index (κ3) is 3.15. The van der Waals surface area contributed by atoms with Gasteiger partial charge < -0.3 is 14.8 Å². The van der Waals surface area contributed by atoms with Crippen LogP contribution in [0.25, 0.3) is 5.69 Å². The highest BCUT2D eigenvalue weighted by atomic mass is 32.1. The third-order valence-electron chi connectivity index (χ3n) is 5.45. The largest absolute Gasteiger partial charge is 0.351 e. The van der Waals surface area contributed by atoms with Gasteiger partial charge >= 0.3 is 0 Å². The van der Waals surface area contributed by atoms with Crippen LogP contribution in [-0.2, 0) is 0 Å². The number of aromatic nitrogens is 3. The van der Waals surface area contributed by atoms with E-state index in [-0.39, 0.29) is 12.1 Å². The summed E-state index contributed by atoms with van der Waals surface area (Å²) in [4.78, 5) is 11.2. The lowest BCUT2D eigenvalue weighted by Gasteiger charge is -2.29. The Bertz CT molecular complexity index is 1160. The molecule has 2 atom stereocenters. The monoisotopic (exact) mass is 411 g/mol. The Balaban J connectivity index is 1.70. The standard InChI is InChI=1S/C24H21N5S/c1-17-12-13-21(28(17)19-10-7-14-25-16-19)23-22(20-11-5-6-15-26-20)27-24(30)29(23)18-8-3-2-4-9-18/h2-16,22-23H,1H3,(H,27,30)/t22-,23+/m1/s1. The molecule has 3 aromatic heterocycles. The molecule has 0 spiro atoms. The zero-order chi connectivity index (χ0) is 20.5. The Kier molecular flexibility index (Phi) is 4.77. The first kappa shape index (κ1) is 18.5. The lowest BCUT2D eigenvalue weighted by Crippen LogP contribution is -2.30. The van der Waals surface area contributed by atoms with E-state index in [1.54, 1.807) is 6.20 Å². The van der Waals surface area contributed by atoms with Gasteiger partial charge in [-0.2, -0.15) is 0 Å². The van der Waals surface area contributed by atoms with Gasteiger partial charge in [-0.1, -0.05) is 24.3 Å². The SMILES string of the molecule is Cc1ccc([C@H]2[C@@H](c3ccccn3)NC(=S)N2c2ccccc2)n1-c1cccnc1.